The predicted octanol–water partition coefficient (Wildman–Crippen LogP) is 5.08. The summed E-state index contributed by atoms with van der Waals surface area (Å²) in [7, 11) is 0. The van der Waals surface area contributed by atoms with E-state index < -0.39 is 0 Å². The Hall–Kier alpha value is 0.350. The molecule has 98 valence electrons. The van der Waals surface area contributed by atoms with Crippen LogP contribution in [-0.2, 0) is 0 Å². The molecule has 2 atom stereocenters. The normalized spacial score (nSPS) is 44.3. The third-order valence-electron chi connectivity index (χ3n) is 6.02. The molecule has 0 radical (unpaired) electrons. The van der Waals surface area contributed by atoms with Crippen molar-refractivity contribution in [2.24, 2.45) is 23.7 Å². The highest BCUT2D eigenvalue weighted by Gasteiger charge is 2.36. The summed E-state index contributed by atoms with van der Waals surface area (Å²) in [6.07, 6.45) is 16.6. The highest BCUT2D eigenvalue weighted by Crippen LogP contribution is 2.46. The lowest BCUT2D eigenvalue weighted by Gasteiger charge is -2.36. The second kappa shape index (κ2) is 5.55. The van der Waals surface area contributed by atoms with Crippen molar-refractivity contribution < 1.29 is 0 Å². The van der Waals surface area contributed by atoms with E-state index in [0.717, 1.165) is 28.9 Å². The summed E-state index contributed by atoms with van der Waals surface area (Å²) >= 11 is 4.81. The molecule has 0 heterocycles. The van der Waals surface area contributed by atoms with E-state index >= 15 is 0 Å². The maximum Gasteiger partial charge on any atom is 0.00477 e. The lowest BCUT2D eigenvalue weighted by molar-refractivity contribution is 0.167. The van der Waals surface area contributed by atoms with Gasteiger partial charge in [-0.2, -0.15) is 12.6 Å². The van der Waals surface area contributed by atoms with Crippen LogP contribution in [0.1, 0.15) is 70.6 Å². The number of hydrogen-bond donors (Lipinski definition) is 1. The van der Waals surface area contributed by atoms with Crippen molar-refractivity contribution in [3.63, 3.8) is 0 Å². The first-order chi connectivity index (χ1) is 8.34. The Morgan fingerprint density at radius 2 is 1.12 bits per heavy atom. The maximum atomic E-state index is 4.81. The highest BCUT2D eigenvalue weighted by atomic mass is 32.1. The van der Waals surface area contributed by atoms with Crippen LogP contribution in [0.25, 0.3) is 0 Å². The van der Waals surface area contributed by atoms with Crippen LogP contribution in [0, 0.1) is 23.7 Å². The highest BCUT2D eigenvalue weighted by molar-refractivity contribution is 7.81. The maximum absolute atomic E-state index is 4.81. The average molecular weight is 252 g/mol. The fraction of sp³-hybridized carbons (Fsp3) is 1.00. The quantitative estimate of drug-likeness (QED) is 0.651. The molecule has 0 N–H and O–H groups in total. The number of hydrogen-bond acceptors (Lipinski definition) is 1. The number of rotatable bonds is 2. The third kappa shape index (κ3) is 2.69. The molecule has 17 heavy (non-hydrogen) atoms. The Labute approximate surface area is 112 Å². The molecule has 0 aliphatic heterocycles. The molecule has 0 amide bonds. The van der Waals surface area contributed by atoms with Crippen LogP contribution in [0.15, 0.2) is 0 Å². The van der Waals surface area contributed by atoms with E-state index in [1.807, 2.05) is 0 Å². The van der Waals surface area contributed by atoms with E-state index in [0.29, 0.717) is 0 Å². The molecule has 1 heteroatoms. The van der Waals surface area contributed by atoms with Crippen molar-refractivity contribution in [3.05, 3.63) is 0 Å². The molecule has 3 rings (SSSR count). The molecule has 3 aliphatic rings. The molecule has 0 bridgehead atoms. The summed E-state index contributed by atoms with van der Waals surface area (Å²) in [4.78, 5) is 0. The van der Waals surface area contributed by atoms with Crippen LogP contribution < -0.4 is 0 Å². The minimum atomic E-state index is 0.739. The van der Waals surface area contributed by atoms with Gasteiger partial charge in [0.2, 0.25) is 0 Å². The van der Waals surface area contributed by atoms with E-state index in [-0.39, 0.29) is 0 Å². The molecule has 0 aromatic carbocycles. The molecule has 2 unspecified atom stereocenters. The van der Waals surface area contributed by atoms with Crippen LogP contribution in [0.5, 0.6) is 0 Å². The second-order valence-electron chi connectivity index (χ2n) is 6.88. The largest absolute Gasteiger partial charge is 0.176 e. The van der Waals surface area contributed by atoms with E-state index in [9.17, 15) is 0 Å². The summed E-state index contributed by atoms with van der Waals surface area (Å²) in [5, 5.41) is 0.739. The van der Waals surface area contributed by atoms with Crippen molar-refractivity contribution in [3.8, 4) is 0 Å². The van der Waals surface area contributed by atoms with Crippen LogP contribution in [-0.4, -0.2) is 5.25 Å². The number of thiol groups is 1. The topological polar surface area (TPSA) is 0 Å². The van der Waals surface area contributed by atoms with Gasteiger partial charge in [0.05, 0.1) is 0 Å². The summed E-state index contributed by atoms with van der Waals surface area (Å²) in [6, 6.07) is 0. The first-order valence-corrected chi connectivity index (χ1v) is 8.54. The Bertz CT molecular complexity index is 236. The van der Waals surface area contributed by atoms with E-state index in [2.05, 4.69) is 0 Å². The van der Waals surface area contributed by atoms with Gasteiger partial charge in [0.1, 0.15) is 0 Å². The predicted molar refractivity (Wildman–Crippen MR) is 77.5 cm³/mol. The van der Waals surface area contributed by atoms with Gasteiger partial charge >= 0.3 is 0 Å². The van der Waals surface area contributed by atoms with Crippen LogP contribution in [0.2, 0.25) is 0 Å². The Kier molecular flexibility index (Phi) is 4.04. The summed E-state index contributed by atoms with van der Waals surface area (Å²) in [6.45, 7) is 0. The summed E-state index contributed by atoms with van der Waals surface area (Å²) < 4.78 is 0. The van der Waals surface area contributed by atoms with Crippen LogP contribution in [0.4, 0.5) is 0 Å². The molecular weight excluding hydrogens is 224 g/mol. The average Bonchev–Trinajstić information content (AvgIpc) is 3.00. The first-order valence-electron chi connectivity index (χ1n) is 8.02. The van der Waals surface area contributed by atoms with Gasteiger partial charge in [0.15, 0.2) is 0 Å². The zero-order valence-corrected chi connectivity index (χ0v) is 12.0. The van der Waals surface area contributed by atoms with Gasteiger partial charge < -0.3 is 0 Å². The monoisotopic (exact) mass is 252 g/mol. The molecule has 0 nitrogen and oxygen atoms in total. The molecule has 3 saturated carbocycles. The first kappa shape index (κ1) is 12.4. The van der Waals surface area contributed by atoms with Gasteiger partial charge in [-0.1, -0.05) is 32.1 Å². The van der Waals surface area contributed by atoms with Gasteiger partial charge in [-0.15, -0.1) is 0 Å². The Balaban J connectivity index is 1.49. The van der Waals surface area contributed by atoms with Crippen molar-refractivity contribution in [1.29, 1.82) is 0 Å². The van der Waals surface area contributed by atoms with Gasteiger partial charge in [-0.25, -0.2) is 0 Å². The lowest BCUT2D eigenvalue weighted by Crippen LogP contribution is -2.27. The summed E-state index contributed by atoms with van der Waals surface area (Å²) in [5.41, 5.74) is 0. The molecule has 3 aliphatic carbocycles. The van der Waals surface area contributed by atoms with Crippen molar-refractivity contribution in [2.75, 3.05) is 0 Å². The van der Waals surface area contributed by atoms with E-state index in [1.165, 1.54) is 44.9 Å². The van der Waals surface area contributed by atoms with Crippen molar-refractivity contribution in [2.45, 2.75) is 75.9 Å². The van der Waals surface area contributed by atoms with Crippen molar-refractivity contribution in [1.82, 2.24) is 0 Å². The van der Waals surface area contributed by atoms with Gasteiger partial charge in [-0.3, -0.25) is 0 Å². The zero-order chi connectivity index (χ0) is 11.7. The smallest absolute Gasteiger partial charge is 0.00477 e. The Morgan fingerprint density at radius 1 is 0.529 bits per heavy atom. The third-order valence-corrected chi connectivity index (χ3v) is 6.66. The van der Waals surface area contributed by atoms with Gasteiger partial charge in [0.25, 0.3) is 0 Å². The fourth-order valence-electron chi connectivity index (χ4n) is 4.99. The fourth-order valence-corrected chi connectivity index (χ4v) is 5.57. The van der Waals surface area contributed by atoms with Crippen LogP contribution >= 0.6 is 12.6 Å². The van der Waals surface area contributed by atoms with E-state index in [1.54, 1.807) is 25.7 Å². The second-order valence-corrected chi connectivity index (χ2v) is 7.54. The molecule has 0 saturated heterocycles. The standard InChI is InChI=1S/C16H28S/c17-16-7-3-6-15(16)14-10-8-13(9-11-14)12-4-1-2-5-12/h12-17H,1-11H2. The Morgan fingerprint density at radius 3 is 1.71 bits per heavy atom. The van der Waals surface area contributed by atoms with Gasteiger partial charge in [-0.05, 0) is 62.2 Å². The molecular formula is C16H28S. The minimum Gasteiger partial charge on any atom is -0.176 e. The molecule has 0 aromatic heterocycles. The zero-order valence-electron chi connectivity index (χ0n) is 11.1. The SMILES string of the molecule is SC1CCCC1C1CCC(C2CCCC2)CC1. The molecule has 0 aromatic rings. The molecule has 0 spiro atoms. The minimum absolute atomic E-state index is 0.739. The van der Waals surface area contributed by atoms with E-state index in [4.69, 9.17) is 12.6 Å². The van der Waals surface area contributed by atoms with Gasteiger partial charge in [0, 0.05) is 5.25 Å². The summed E-state index contributed by atoms with van der Waals surface area (Å²) in [5.74, 6) is 4.24. The van der Waals surface area contributed by atoms with Crippen LogP contribution in [0.3, 0.4) is 0 Å². The molecule has 3 fully saturated rings. The lowest BCUT2D eigenvalue weighted by atomic mass is 9.71. The van der Waals surface area contributed by atoms with Crippen molar-refractivity contribution >= 4 is 12.6 Å².